The Hall–Kier alpha value is -0.860. The van der Waals surface area contributed by atoms with E-state index in [1.807, 2.05) is 0 Å². The lowest BCUT2D eigenvalue weighted by molar-refractivity contribution is 0.132. The molecule has 1 aromatic rings. The van der Waals surface area contributed by atoms with Gasteiger partial charge < -0.3 is 9.80 Å². The van der Waals surface area contributed by atoms with E-state index in [9.17, 15) is 0 Å². The molecule has 0 aromatic heterocycles. The summed E-state index contributed by atoms with van der Waals surface area (Å²) in [6.07, 6.45) is 5.28. The van der Waals surface area contributed by atoms with Gasteiger partial charge in [0.2, 0.25) is 0 Å². The van der Waals surface area contributed by atoms with Crippen molar-refractivity contribution in [3.05, 3.63) is 35.9 Å². The van der Waals surface area contributed by atoms with E-state index in [1.165, 1.54) is 70.5 Å². The van der Waals surface area contributed by atoms with Crippen LogP contribution < -0.4 is 0 Å². The first-order valence-electron chi connectivity index (χ1n) is 7.87. The van der Waals surface area contributed by atoms with Crippen LogP contribution in [-0.4, -0.2) is 49.1 Å². The molecule has 0 radical (unpaired) electrons. The van der Waals surface area contributed by atoms with Crippen molar-refractivity contribution in [1.82, 2.24) is 9.80 Å². The number of rotatable bonds is 7. The average molecular weight is 260 g/mol. The molecule has 2 nitrogen and oxygen atoms in total. The predicted molar refractivity (Wildman–Crippen MR) is 82.6 cm³/mol. The van der Waals surface area contributed by atoms with E-state index in [1.54, 1.807) is 0 Å². The van der Waals surface area contributed by atoms with E-state index in [0.29, 0.717) is 0 Å². The van der Waals surface area contributed by atoms with E-state index in [2.05, 4.69) is 47.1 Å². The summed E-state index contributed by atoms with van der Waals surface area (Å²) in [6, 6.07) is 10.8. The van der Waals surface area contributed by atoms with E-state index >= 15 is 0 Å². The highest BCUT2D eigenvalue weighted by Crippen LogP contribution is 2.07. The number of benzene rings is 1. The Kier molecular flexibility index (Phi) is 6.38. The van der Waals surface area contributed by atoms with Gasteiger partial charge in [-0.05, 0) is 24.9 Å². The van der Waals surface area contributed by atoms with Crippen LogP contribution in [-0.2, 0) is 6.42 Å². The highest BCUT2D eigenvalue weighted by molar-refractivity contribution is 5.14. The van der Waals surface area contributed by atoms with Gasteiger partial charge in [0.05, 0.1) is 0 Å². The molecule has 0 aliphatic carbocycles. The Morgan fingerprint density at radius 3 is 2.11 bits per heavy atom. The number of nitrogens with zero attached hydrogens (tertiary/aromatic N) is 2. The summed E-state index contributed by atoms with van der Waals surface area (Å²) in [5.74, 6) is 0. The zero-order valence-electron chi connectivity index (χ0n) is 12.4. The molecule has 0 atom stereocenters. The molecule has 0 unspecified atom stereocenters. The van der Waals surface area contributed by atoms with E-state index in [4.69, 9.17) is 0 Å². The molecule has 0 bridgehead atoms. The summed E-state index contributed by atoms with van der Waals surface area (Å²) in [4.78, 5) is 5.25. The van der Waals surface area contributed by atoms with Gasteiger partial charge in [-0.3, -0.25) is 0 Å². The molecule has 1 aromatic carbocycles. The van der Waals surface area contributed by atoms with Crippen LogP contribution in [0.1, 0.15) is 31.7 Å². The Morgan fingerprint density at radius 1 is 0.842 bits per heavy atom. The molecule has 1 heterocycles. The summed E-state index contributed by atoms with van der Waals surface area (Å²) in [6.45, 7) is 9.82. The van der Waals surface area contributed by atoms with Crippen LogP contribution >= 0.6 is 0 Å². The van der Waals surface area contributed by atoms with E-state index in [-0.39, 0.29) is 0 Å². The largest absolute Gasteiger partial charge is 0.301 e. The molecule has 0 N–H and O–H groups in total. The predicted octanol–water partition coefficient (Wildman–Crippen LogP) is 3.04. The molecule has 1 aliphatic rings. The maximum atomic E-state index is 2.63. The van der Waals surface area contributed by atoms with Crippen LogP contribution in [0.15, 0.2) is 30.3 Å². The van der Waals surface area contributed by atoms with Crippen LogP contribution in [0.3, 0.4) is 0 Å². The fourth-order valence-electron chi connectivity index (χ4n) is 2.75. The van der Waals surface area contributed by atoms with Gasteiger partial charge in [-0.1, -0.05) is 50.1 Å². The monoisotopic (exact) mass is 260 g/mol. The lowest BCUT2D eigenvalue weighted by Crippen LogP contribution is -2.47. The van der Waals surface area contributed by atoms with Gasteiger partial charge in [-0.15, -0.1) is 0 Å². The summed E-state index contributed by atoms with van der Waals surface area (Å²) >= 11 is 0. The molecular formula is C17H28N2. The van der Waals surface area contributed by atoms with Crippen LogP contribution in [0, 0.1) is 0 Å². The third-order valence-corrected chi connectivity index (χ3v) is 4.10. The lowest BCUT2D eigenvalue weighted by Gasteiger charge is -2.34. The maximum absolute atomic E-state index is 2.63. The first-order chi connectivity index (χ1) is 9.38. The molecule has 1 saturated heterocycles. The highest BCUT2D eigenvalue weighted by Gasteiger charge is 2.15. The lowest BCUT2D eigenvalue weighted by atomic mass is 10.1. The molecule has 2 rings (SSSR count). The van der Waals surface area contributed by atoms with E-state index < -0.39 is 0 Å². The van der Waals surface area contributed by atoms with Gasteiger partial charge in [0, 0.05) is 32.7 Å². The van der Waals surface area contributed by atoms with Crippen molar-refractivity contribution in [2.24, 2.45) is 0 Å². The molecule has 0 amide bonds. The molecule has 19 heavy (non-hydrogen) atoms. The summed E-state index contributed by atoms with van der Waals surface area (Å²) < 4.78 is 0. The Morgan fingerprint density at radius 2 is 1.47 bits per heavy atom. The van der Waals surface area contributed by atoms with Gasteiger partial charge in [-0.25, -0.2) is 0 Å². The minimum Gasteiger partial charge on any atom is -0.301 e. The van der Waals surface area contributed by atoms with Crippen molar-refractivity contribution >= 4 is 0 Å². The third kappa shape index (κ3) is 5.33. The SMILES string of the molecule is CCCCCN1CCN(CCc2ccccc2)CC1. The molecule has 0 saturated carbocycles. The molecule has 0 spiro atoms. The number of hydrogen-bond acceptors (Lipinski definition) is 2. The van der Waals surface area contributed by atoms with Crippen molar-refractivity contribution in [3.8, 4) is 0 Å². The Bertz CT molecular complexity index is 328. The van der Waals surface area contributed by atoms with Crippen molar-refractivity contribution < 1.29 is 0 Å². The topological polar surface area (TPSA) is 6.48 Å². The van der Waals surface area contributed by atoms with Gasteiger partial charge in [0.1, 0.15) is 0 Å². The first kappa shape index (κ1) is 14.5. The Balaban J connectivity index is 1.61. The van der Waals surface area contributed by atoms with Crippen LogP contribution in [0.25, 0.3) is 0 Å². The van der Waals surface area contributed by atoms with Crippen LogP contribution in [0.5, 0.6) is 0 Å². The van der Waals surface area contributed by atoms with Gasteiger partial charge in [0.15, 0.2) is 0 Å². The molecule has 106 valence electrons. The van der Waals surface area contributed by atoms with Crippen LogP contribution in [0.4, 0.5) is 0 Å². The Labute approximate surface area is 118 Å². The summed E-state index contributed by atoms with van der Waals surface area (Å²) in [7, 11) is 0. The number of hydrogen-bond donors (Lipinski definition) is 0. The zero-order valence-corrected chi connectivity index (χ0v) is 12.4. The van der Waals surface area contributed by atoms with Crippen molar-refractivity contribution in [2.45, 2.75) is 32.6 Å². The standard InChI is InChI=1S/C17H28N2/c1-2-3-7-11-18-13-15-19(16-14-18)12-10-17-8-5-4-6-9-17/h4-6,8-9H,2-3,7,10-16H2,1H3. The molecule has 1 fully saturated rings. The smallest absolute Gasteiger partial charge is 0.0110 e. The normalized spacial score (nSPS) is 17.7. The average Bonchev–Trinajstić information content (AvgIpc) is 2.48. The molecule has 2 heteroatoms. The van der Waals surface area contributed by atoms with Crippen LogP contribution in [0.2, 0.25) is 0 Å². The van der Waals surface area contributed by atoms with Crippen molar-refractivity contribution in [1.29, 1.82) is 0 Å². The van der Waals surface area contributed by atoms with E-state index in [0.717, 1.165) is 0 Å². The fraction of sp³-hybridized carbons (Fsp3) is 0.647. The second-order valence-corrected chi connectivity index (χ2v) is 5.63. The van der Waals surface area contributed by atoms with Gasteiger partial charge in [0.25, 0.3) is 0 Å². The fourth-order valence-corrected chi connectivity index (χ4v) is 2.75. The maximum Gasteiger partial charge on any atom is 0.0110 e. The number of unbranched alkanes of at least 4 members (excludes halogenated alkanes) is 2. The molecular weight excluding hydrogens is 232 g/mol. The second kappa shape index (κ2) is 8.34. The minimum absolute atomic E-state index is 1.19. The van der Waals surface area contributed by atoms with Crippen molar-refractivity contribution in [3.63, 3.8) is 0 Å². The number of piperazine rings is 1. The van der Waals surface area contributed by atoms with Gasteiger partial charge in [-0.2, -0.15) is 0 Å². The van der Waals surface area contributed by atoms with Crippen molar-refractivity contribution in [2.75, 3.05) is 39.3 Å². The molecule has 1 aliphatic heterocycles. The highest BCUT2D eigenvalue weighted by atomic mass is 15.3. The summed E-state index contributed by atoms with van der Waals surface area (Å²) in [5.41, 5.74) is 1.47. The van der Waals surface area contributed by atoms with Gasteiger partial charge >= 0.3 is 0 Å². The second-order valence-electron chi connectivity index (χ2n) is 5.63. The quantitative estimate of drug-likeness (QED) is 0.695. The third-order valence-electron chi connectivity index (χ3n) is 4.10. The minimum atomic E-state index is 1.19. The zero-order chi connectivity index (χ0) is 13.3. The first-order valence-corrected chi connectivity index (χ1v) is 7.87. The summed E-state index contributed by atoms with van der Waals surface area (Å²) in [5, 5.41) is 0.